The molecule has 1 aliphatic rings. The zero-order valence-electron chi connectivity index (χ0n) is 14.3. The average molecular weight is 355 g/mol. The van der Waals surface area contributed by atoms with Gasteiger partial charge in [-0.15, -0.1) is 0 Å². The van der Waals surface area contributed by atoms with Crippen LogP contribution in [0.15, 0.2) is 42.6 Å². The van der Waals surface area contributed by atoms with Crippen LogP contribution in [0.4, 0.5) is 5.82 Å². The standard InChI is InChI=1S/C19H21N3O4/c23-18(24)7-5-15-12-14-11-13(4-6-16(14)26-15)19(25)22-10-9-21-17-3-1-2-8-20-17/h1-4,6,8,11,15H,5,7,9-10,12H2,(H,20,21)(H,22,25)(H,23,24). The van der Waals surface area contributed by atoms with E-state index in [0.717, 1.165) is 17.1 Å². The van der Waals surface area contributed by atoms with Crippen LogP contribution in [-0.4, -0.2) is 41.2 Å². The van der Waals surface area contributed by atoms with E-state index in [4.69, 9.17) is 9.84 Å². The number of aliphatic carboxylic acids is 1. The van der Waals surface area contributed by atoms with Crippen LogP contribution in [0.1, 0.15) is 28.8 Å². The molecule has 0 bridgehead atoms. The highest BCUT2D eigenvalue weighted by Gasteiger charge is 2.24. The first-order chi connectivity index (χ1) is 12.6. The summed E-state index contributed by atoms with van der Waals surface area (Å²) in [5.74, 6) is 0.520. The number of amides is 1. The molecule has 7 heteroatoms. The third-order valence-corrected chi connectivity index (χ3v) is 4.13. The summed E-state index contributed by atoms with van der Waals surface area (Å²) in [6, 6.07) is 10.9. The van der Waals surface area contributed by atoms with Crippen molar-refractivity contribution in [3.05, 3.63) is 53.7 Å². The van der Waals surface area contributed by atoms with E-state index in [1.165, 1.54) is 0 Å². The van der Waals surface area contributed by atoms with Gasteiger partial charge in [0.15, 0.2) is 0 Å². The number of anilines is 1. The van der Waals surface area contributed by atoms with E-state index in [-0.39, 0.29) is 18.4 Å². The van der Waals surface area contributed by atoms with Crippen molar-refractivity contribution >= 4 is 17.7 Å². The molecule has 0 aliphatic carbocycles. The number of nitrogens with zero attached hydrogens (tertiary/aromatic N) is 1. The van der Waals surface area contributed by atoms with Crippen LogP contribution in [-0.2, 0) is 11.2 Å². The van der Waals surface area contributed by atoms with Gasteiger partial charge in [0.25, 0.3) is 5.91 Å². The molecule has 0 spiro atoms. The summed E-state index contributed by atoms with van der Waals surface area (Å²) < 4.78 is 5.73. The monoisotopic (exact) mass is 355 g/mol. The second kappa shape index (κ2) is 8.33. The smallest absolute Gasteiger partial charge is 0.303 e. The van der Waals surface area contributed by atoms with Gasteiger partial charge in [-0.2, -0.15) is 0 Å². The molecule has 1 atom stereocenters. The summed E-state index contributed by atoms with van der Waals surface area (Å²) in [5, 5.41) is 14.8. The van der Waals surface area contributed by atoms with Crippen molar-refractivity contribution in [1.29, 1.82) is 0 Å². The van der Waals surface area contributed by atoms with Gasteiger partial charge in [0, 0.05) is 37.7 Å². The molecule has 1 aliphatic heterocycles. The zero-order valence-corrected chi connectivity index (χ0v) is 14.3. The lowest BCUT2D eigenvalue weighted by Gasteiger charge is -2.08. The highest BCUT2D eigenvalue weighted by atomic mass is 16.5. The zero-order chi connectivity index (χ0) is 18.4. The van der Waals surface area contributed by atoms with Gasteiger partial charge in [-0.3, -0.25) is 9.59 Å². The number of hydrogen-bond donors (Lipinski definition) is 3. The first-order valence-corrected chi connectivity index (χ1v) is 8.56. The number of carbonyl (C=O) groups excluding carboxylic acids is 1. The molecule has 1 aromatic heterocycles. The number of benzene rings is 1. The number of rotatable bonds is 8. The van der Waals surface area contributed by atoms with Crippen LogP contribution < -0.4 is 15.4 Å². The lowest BCUT2D eigenvalue weighted by Crippen LogP contribution is -2.28. The van der Waals surface area contributed by atoms with E-state index in [0.29, 0.717) is 31.5 Å². The van der Waals surface area contributed by atoms with Gasteiger partial charge in [0.05, 0.1) is 0 Å². The number of nitrogens with one attached hydrogen (secondary N) is 2. The number of aromatic nitrogens is 1. The van der Waals surface area contributed by atoms with Crippen molar-refractivity contribution in [2.24, 2.45) is 0 Å². The summed E-state index contributed by atoms with van der Waals surface area (Å²) >= 11 is 0. The summed E-state index contributed by atoms with van der Waals surface area (Å²) in [7, 11) is 0. The number of carboxylic acids is 1. The molecule has 0 fully saturated rings. The minimum absolute atomic E-state index is 0.0786. The van der Waals surface area contributed by atoms with Crippen molar-refractivity contribution < 1.29 is 19.4 Å². The Morgan fingerprint density at radius 1 is 1.23 bits per heavy atom. The van der Waals surface area contributed by atoms with Crippen LogP contribution >= 0.6 is 0 Å². The van der Waals surface area contributed by atoms with Crippen molar-refractivity contribution in [2.45, 2.75) is 25.4 Å². The SMILES string of the molecule is O=C(O)CCC1Cc2cc(C(=O)NCCNc3ccccn3)ccc2O1. The van der Waals surface area contributed by atoms with E-state index >= 15 is 0 Å². The van der Waals surface area contributed by atoms with Gasteiger partial charge in [-0.25, -0.2) is 4.98 Å². The maximum absolute atomic E-state index is 12.3. The summed E-state index contributed by atoms with van der Waals surface area (Å²) in [5.41, 5.74) is 1.52. The van der Waals surface area contributed by atoms with Crippen LogP contribution in [0.5, 0.6) is 5.75 Å². The molecule has 2 heterocycles. The van der Waals surface area contributed by atoms with Crippen molar-refractivity contribution in [1.82, 2.24) is 10.3 Å². The molecule has 3 N–H and O–H groups in total. The van der Waals surface area contributed by atoms with Crippen LogP contribution in [0, 0.1) is 0 Å². The van der Waals surface area contributed by atoms with Crippen LogP contribution in [0.2, 0.25) is 0 Å². The van der Waals surface area contributed by atoms with E-state index in [1.54, 1.807) is 18.3 Å². The number of ether oxygens (including phenoxy) is 1. The normalized spacial score (nSPS) is 15.0. The Labute approximate surface area is 151 Å². The summed E-state index contributed by atoms with van der Waals surface area (Å²) in [6.45, 7) is 1.05. The Kier molecular flexibility index (Phi) is 5.68. The average Bonchev–Trinajstić information content (AvgIpc) is 3.06. The minimum atomic E-state index is -0.830. The van der Waals surface area contributed by atoms with Gasteiger partial charge >= 0.3 is 5.97 Å². The fourth-order valence-electron chi connectivity index (χ4n) is 2.84. The molecule has 0 radical (unpaired) electrons. The van der Waals surface area contributed by atoms with Crippen molar-refractivity contribution in [3.63, 3.8) is 0 Å². The second-order valence-electron chi connectivity index (χ2n) is 6.10. The van der Waals surface area contributed by atoms with Gasteiger partial charge in [0.2, 0.25) is 0 Å². The molecular weight excluding hydrogens is 334 g/mol. The van der Waals surface area contributed by atoms with Gasteiger partial charge in [-0.1, -0.05) is 6.07 Å². The van der Waals surface area contributed by atoms with Gasteiger partial charge < -0.3 is 20.5 Å². The fourth-order valence-corrected chi connectivity index (χ4v) is 2.84. The number of fused-ring (bicyclic) bond motifs is 1. The molecule has 0 saturated carbocycles. The Hall–Kier alpha value is -3.09. The number of pyridine rings is 1. The molecule has 0 saturated heterocycles. The maximum Gasteiger partial charge on any atom is 0.303 e. The molecule has 3 rings (SSSR count). The minimum Gasteiger partial charge on any atom is -0.490 e. The predicted molar refractivity (Wildman–Crippen MR) is 96.5 cm³/mol. The Balaban J connectivity index is 1.47. The largest absolute Gasteiger partial charge is 0.490 e. The molecule has 2 aromatic rings. The highest BCUT2D eigenvalue weighted by Crippen LogP contribution is 2.31. The van der Waals surface area contributed by atoms with Crippen LogP contribution in [0.25, 0.3) is 0 Å². The maximum atomic E-state index is 12.3. The van der Waals surface area contributed by atoms with Crippen molar-refractivity contribution in [2.75, 3.05) is 18.4 Å². The summed E-state index contributed by atoms with van der Waals surface area (Å²) in [4.78, 5) is 27.1. The first kappa shape index (κ1) is 17.7. The molecule has 1 unspecified atom stereocenters. The predicted octanol–water partition coefficient (Wildman–Crippen LogP) is 2.09. The molecule has 26 heavy (non-hydrogen) atoms. The highest BCUT2D eigenvalue weighted by molar-refractivity contribution is 5.94. The Morgan fingerprint density at radius 2 is 2.12 bits per heavy atom. The quantitative estimate of drug-likeness (QED) is 0.627. The Morgan fingerprint density at radius 3 is 2.88 bits per heavy atom. The van der Waals surface area contributed by atoms with Gasteiger partial charge in [0.1, 0.15) is 17.7 Å². The molecule has 136 valence electrons. The molecule has 1 aromatic carbocycles. The third kappa shape index (κ3) is 4.72. The van der Waals surface area contributed by atoms with E-state index < -0.39 is 5.97 Å². The second-order valence-corrected chi connectivity index (χ2v) is 6.10. The molecular formula is C19H21N3O4. The van der Waals surface area contributed by atoms with E-state index in [1.807, 2.05) is 24.3 Å². The van der Waals surface area contributed by atoms with Crippen LogP contribution in [0.3, 0.4) is 0 Å². The lowest BCUT2D eigenvalue weighted by molar-refractivity contribution is -0.137. The van der Waals surface area contributed by atoms with E-state index in [9.17, 15) is 9.59 Å². The lowest BCUT2D eigenvalue weighted by atomic mass is 10.0. The molecule has 7 nitrogen and oxygen atoms in total. The first-order valence-electron chi connectivity index (χ1n) is 8.56. The van der Waals surface area contributed by atoms with Crippen molar-refractivity contribution in [3.8, 4) is 5.75 Å². The number of carboxylic acid groups (broad SMARTS) is 1. The molecule has 1 amide bonds. The number of hydrogen-bond acceptors (Lipinski definition) is 5. The number of carbonyl (C=O) groups is 2. The fraction of sp³-hybridized carbons (Fsp3) is 0.316. The summed E-state index contributed by atoms with van der Waals surface area (Å²) in [6.07, 6.45) is 2.74. The topological polar surface area (TPSA) is 101 Å². The Bertz CT molecular complexity index is 780. The van der Waals surface area contributed by atoms with Gasteiger partial charge in [-0.05, 0) is 42.3 Å². The third-order valence-electron chi connectivity index (χ3n) is 4.13. The van der Waals surface area contributed by atoms with E-state index in [2.05, 4.69) is 15.6 Å².